The molecule has 0 spiro atoms. The van der Waals surface area contributed by atoms with Crippen LogP contribution in [0, 0.1) is 5.82 Å². The van der Waals surface area contributed by atoms with Crippen LogP contribution < -0.4 is 16.0 Å². The topological polar surface area (TPSA) is 99.9 Å². The van der Waals surface area contributed by atoms with E-state index in [2.05, 4.69) is 20.3 Å². The first-order valence-corrected chi connectivity index (χ1v) is 9.36. The molecule has 1 aromatic carbocycles. The molecule has 146 valence electrons. The Balaban J connectivity index is 1.46. The molecule has 3 heterocycles. The van der Waals surface area contributed by atoms with Crippen LogP contribution in [0.3, 0.4) is 0 Å². The van der Waals surface area contributed by atoms with Gasteiger partial charge >= 0.3 is 0 Å². The normalized spacial score (nSPS) is 19.4. The summed E-state index contributed by atoms with van der Waals surface area (Å²) in [4.78, 5) is 25.9. The van der Waals surface area contributed by atoms with E-state index >= 15 is 0 Å². The third-order valence-corrected chi connectivity index (χ3v) is 5.47. The van der Waals surface area contributed by atoms with Gasteiger partial charge in [0.15, 0.2) is 0 Å². The lowest BCUT2D eigenvalue weighted by molar-refractivity contribution is 0.0944. The summed E-state index contributed by atoms with van der Waals surface area (Å²) in [7, 11) is 0. The largest absolute Gasteiger partial charge is 0.354 e. The highest BCUT2D eigenvalue weighted by atomic mass is 35.5. The number of carbonyl (C=O) groups is 1. The van der Waals surface area contributed by atoms with Crippen molar-refractivity contribution in [2.75, 3.05) is 24.5 Å². The first kappa shape index (κ1) is 18.9. The molecule has 2 aromatic heterocycles. The maximum Gasteiger partial charge on any atom is 0.251 e. The predicted molar refractivity (Wildman–Crippen MR) is 106 cm³/mol. The summed E-state index contributed by atoms with van der Waals surface area (Å²) in [6.45, 7) is 1.38. The Hall–Kier alpha value is -2.42. The molecule has 1 fully saturated rings. The molecule has 28 heavy (non-hydrogen) atoms. The fourth-order valence-electron chi connectivity index (χ4n) is 3.37. The molecule has 1 aliphatic heterocycles. The van der Waals surface area contributed by atoms with E-state index in [9.17, 15) is 9.18 Å². The van der Waals surface area contributed by atoms with Crippen molar-refractivity contribution in [3.63, 3.8) is 0 Å². The molecule has 0 bridgehead atoms. The van der Waals surface area contributed by atoms with E-state index in [0.29, 0.717) is 36.0 Å². The smallest absolute Gasteiger partial charge is 0.251 e. The van der Waals surface area contributed by atoms with Crippen molar-refractivity contribution < 1.29 is 9.18 Å². The number of rotatable bonds is 4. The van der Waals surface area contributed by atoms with E-state index < -0.39 is 17.3 Å². The van der Waals surface area contributed by atoms with Crippen molar-refractivity contribution in [2.24, 2.45) is 5.73 Å². The number of H-pyrrole nitrogens is 1. The van der Waals surface area contributed by atoms with Crippen molar-refractivity contribution in [2.45, 2.75) is 12.0 Å². The number of halogens is 3. The number of aromatic nitrogens is 3. The third-order valence-electron chi connectivity index (χ3n) is 4.87. The standard InChI is InChI=1S/C18H17Cl2FN6O/c19-11-2-1-10(5-13(11)21)17(28)24-7-18(22)3-4-27(8-18)16-14-12(20)6-23-15(14)25-9-26-16/h1-2,5-6,9H,3-4,7-8,22H2,(H,24,28)(H,23,25,26)/t18-/m0/s1. The van der Waals surface area contributed by atoms with Crippen LogP contribution in [0.25, 0.3) is 11.0 Å². The number of hydrogen-bond donors (Lipinski definition) is 3. The van der Waals surface area contributed by atoms with Gasteiger partial charge in [-0.3, -0.25) is 4.79 Å². The van der Waals surface area contributed by atoms with Gasteiger partial charge in [0.1, 0.15) is 23.6 Å². The Bertz CT molecular complexity index is 1060. The van der Waals surface area contributed by atoms with Crippen molar-refractivity contribution in [1.82, 2.24) is 20.3 Å². The number of fused-ring (bicyclic) bond motifs is 1. The number of benzene rings is 1. The molecule has 7 nitrogen and oxygen atoms in total. The maximum absolute atomic E-state index is 13.6. The molecule has 1 saturated heterocycles. The molecule has 0 saturated carbocycles. The van der Waals surface area contributed by atoms with E-state index in [1.165, 1.54) is 18.5 Å². The quantitative estimate of drug-likeness (QED) is 0.599. The zero-order valence-electron chi connectivity index (χ0n) is 14.7. The minimum Gasteiger partial charge on any atom is -0.354 e. The first-order valence-electron chi connectivity index (χ1n) is 8.61. The molecule has 0 unspecified atom stereocenters. The van der Waals surface area contributed by atoms with Crippen molar-refractivity contribution >= 4 is 46.0 Å². The van der Waals surface area contributed by atoms with Crippen LogP contribution in [-0.2, 0) is 0 Å². The predicted octanol–water partition coefficient (Wildman–Crippen LogP) is 2.74. The number of carbonyl (C=O) groups excluding carboxylic acids is 1. The molecule has 10 heteroatoms. The second-order valence-corrected chi connectivity index (χ2v) is 7.72. The minimum atomic E-state index is -0.652. The van der Waals surface area contributed by atoms with E-state index in [1.807, 2.05) is 4.90 Å². The third kappa shape index (κ3) is 3.50. The van der Waals surface area contributed by atoms with E-state index in [0.717, 1.165) is 11.5 Å². The highest BCUT2D eigenvalue weighted by molar-refractivity contribution is 6.36. The van der Waals surface area contributed by atoms with Crippen LogP contribution >= 0.6 is 23.2 Å². The number of hydrogen-bond acceptors (Lipinski definition) is 5. The summed E-state index contributed by atoms with van der Waals surface area (Å²) < 4.78 is 13.6. The Kier molecular flexibility index (Phi) is 4.86. The lowest BCUT2D eigenvalue weighted by Gasteiger charge is -2.25. The SMILES string of the molecule is N[C@]1(CNC(=O)c2ccc(Cl)c(F)c2)CCN(c2ncnc3[nH]cc(Cl)c23)C1. The molecule has 1 aliphatic rings. The monoisotopic (exact) mass is 422 g/mol. The van der Waals surface area contributed by atoms with Gasteiger partial charge in [-0.2, -0.15) is 0 Å². The van der Waals surface area contributed by atoms with Crippen molar-refractivity contribution in [3.05, 3.63) is 52.1 Å². The van der Waals surface area contributed by atoms with Crippen LogP contribution in [-0.4, -0.2) is 46.0 Å². The Morgan fingerprint density at radius 1 is 1.36 bits per heavy atom. The van der Waals surface area contributed by atoms with Gasteiger partial charge in [-0.15, -0.1) is 0 Å². The number of aromatic amines is 1. The van der Waals surface area contributed by atoms with Crippen LogP contribution in [0.1, 0.15) is 16.8 Å². The zero-order valence-corrected chi connectivity index (χ0v) is 16.2. The first-order chi connectivity index (χ1) is 13.4. The van der Waals surface area contributed by atoms with Crippen LogP contribution in [0.5, 0.6) is 0 Å². The van der Waals surface area contributed by atoms with Gasteiger partial charge < -0.3 is 20.9 Å². The Morgan fingerprint density at radius 3 is 2.96 bits per heavy atom. The highest BCUT2D eigenvalue weighted by Gasteiger charge is 2.36. The molecular formula is C18H17Cl2FN6O. The Morgan fingerprint density at radius 2 is 2.18 bits per heavy atom. The lowest BCUT2D eigenvalue weighted by atomic mass is 10.00. The summed E-state index contributed by atoms with van der Waals surface area (Å²) >= 11 is 11.9. The number of nitrogens with zero attached hydrogens (tertiary/aromatic N) is 3. The van der Waals surface area contributed by atoms with Gasteiger partial charge in [-0.25, -0.2) is 14.4 Å². The minimum absolute atomic E-state index is 0.0298. The van der Waals surface area contributed by atoms with Crippen LogP contribution in [0.15, 0.2) is 30.7 Å². The second kappa shape index (κ2) is 7.20. The fraction of sp³-hybridized carbons (Fsp3) is 0.278. The summed E-state index contributed by atoms with van der Waals surface area (Å²) in [6, 6.07) is 3.92. The molecule has 0 radical (unpaired) electrons. The number of amides is 1. The second-order valence-electron chi connectivity index (χ2n) is 6.90. The molecule has 4 rings (SSSR count). The van der Waals surface area contributed by atoms with Crippen LogP contribution in [0.4, 0.5) is 10.2 Å². The van der Waals surface area contributed by atoms with E-state index in [1.54, 1.807) is 6.20 Å². The highest BCUT2D eigenvalue weighted by Crippen LogP contribution is 2.33. The van der Waals surface area contributed by atoms with Gasteiger partial charge in [-0.1, -0.05) is 23.2 Å². The number of anilines is 1. The maximum atomic E-state index is 13.6. The van der Waals surface area contributed by atoms with Crippen molar-refractivity contribution in [1.29, 1.82) is 0 Å². The lowest BCUT2D eigenvalue weighted by Crippen LogP contribution is -2.52. The fourth-order valence-corrected chi connectivity index (χ4v) is 3.71. The molecule has 1 amide bonds. The van der Waals surface area contributed by atoms with E-state index in [-0.39, 0.29) is 17.1 Å². The molecule has 0 aliphatic carbocycles. The molecule has 4 N–H and O–H groups in total. The number of nitrogens with one attached hydrogen (secondary N) is 2. The van der Waals surface area contributed by atoms with Gasteiger partial charge in [0.2, 0.25) is 0 Å². The summed E-state index contributed by atoms with van der Waals surface area (Å²) in [5.41, 5.74) is 6.68. The number of nitrogens with two attached hydrogens (primary N) is 1. The van der Waals surface area contributed by atoms with Gasteiger partial charge in [0.05, 0.1) is 21.0 Å². The van der Waals surface area contributed by atoms with Gasteiger partial charge in [0.25, 0.3) is 5.91 Å². The molecular weight excluding hydrogens is 406 g/mol. The Labute approximate surface area is 170 Å². The zero-order chi connectivity index (χ0) is 19.9. The van der Waals surface area contributed by atoms with Crippen LogP contribution in [0.2, 0.25) is 10.0 Å². The summed E-state index contributed by atoms with van der Waals surface area (Å²) in [5.74, 6) is -0.341. The average Bonchev–Trinajstić information content (AvgIpc) is 3.26. The van der Waals surface area contributed by atoms with E-state index in [4.69, 9.17) is 28.9 Å². The van der Waals surface area contributed by atoms with Gasteiger partial charge in [-0.05, 0) is 24.6 Å². The molecule has 1 atom stereocenters. The summed E-state index contributed by atoms with van der Waals surface area (Å²) in [6.07, 6.45) is 3.79. The van der Waals surface area contributed by atoms with Gasteiger partial charge in [0, 0.05) is 31.4 Å². The average molecular weight is 423 g/mol. The van der Waals surface area contributed by atoms with Crippen molar-refractivity contribution in [3.8, 4) is 0 Å². The molecule has 3 aromatic rings. The summed E-state index contributed by atoms with van der Waals surface area (Å²) in [5, 5.41) is 4.03.